The molecule has 0 amide bonds. The van der Waals surface area contributed by atoms with Crippen molar-refractivity contribution in [3.05, 3.63) is 21.9 Å². The highest BCUT2D eigenvalue weighted by Crippen LogP contribution is 2.26. The molecule has 1 heterocycles. The summed E-state index contributed by atoms with van der Waals surface area (Å²) in [5, 5.41) is 27.5. The molecule has 6 nitrogen and oxygen atoms in total. The van der Waals surface area contributed by atoms with Gasteiger partial charge in [0.25, 0.3) is 0 Å². The number of hydrogen-bond donors (Lipinski definition) is 4. The fraction of sp³-hybridized carbons (Fsp3) is 0.455. The summed E-state index contributed by atoms with van der Waals surface area (Å²) in [5.41, 5.74) is 5.22. The van der Waals surface area contributed by atoms with E-state index in [2.05, 4.69) is 0 Å². The third kappa shape index (κ3) is 3.88. The van der Waals surface area contributed by atoms with E-state index in [-0.39, 0.29) is 25.2 Å². The molecule has 2 unspecified atom stereocenters. The Labute approximate surface area is 108 Å². The number of aliphatic hydroxyl groups is 2. The molecule has 2 atom stereocenters. The van der Waals surface area contributed by atoms with Crippen LogP contribution < -0.4 is 5.73 Å². The molecule has 5 N–H and O–H groups in total. The zero-order valence-corrected chi connectivity index (χ0v) is 10.4. The third-order valence-electron chi connectivity index (χ3n) is 2.36. The first-order chi connectivity index (χ1) is 8.45. The summed E-state index contributed by atoms with van der Waals surface area (Å²) in [6.07, 6.45) is -2.50. The van der Waals surface area contributed by atoms with Crippen LogP contribution in [0.2, 0.25) is 0 Å². The topological polar surface area (TPSA) is 121 Å². The number of carboxylic acid groups (broad SMARTS) is 1. The minimum Gasteiger partial charge on any atom is -0.481 e. The van der Waals surface area contributed by atoms with E-state index in [1.165, 1.54) is 12.1 Å². The van der Waals surface area contributed by atoms with Gasteiger partial charge in [-0.25, -0.2) is 0 Å². The zero-order valence-electron chi connectivity index (χ0n) is 9.57. The molecule has 0 radical (unpaired) electrons. The Morgan fingerprint density at radius 2 is 1.94 bits per heavy atom. The summed E-state index contributed by atoms with van der Waals surface area (Å²) in [4.78, 5) is 22.8. The second-order valence-electron chi connectivity index (χ2n) is 3.77. The van der Waals surface area contributed by atoms with Gasteiger partial charge in [0.1, 0.15) is 6.10 Å². The van der Waals surface area contributed by atoms with Crippen LogP contribution in [0.1, 0.15) is 33.5 Å². The number of carbonyl (C=O) groups is 2. The fourth-order valence-electron chi connectivity index (χ4n) is 1.32. The Morgan fingerprint density at radius 3 is 2.50 bits per heavy atom. The lowest BCUT2D eigenvalue weighted by Gasteiger charge is -2.13. The molecule has 100 valence electrons. The van der Waals surface area contributed by atoms with Crippen LogP contribution in [0.15, 0.2) is 12.1 Å². The normalized spacial score (nSPS) is 14.2. The first-order valence-electron chi connectivity index (χ1n) is 5.36. The van der Waals surface area contributed by atoms with Crippen molar-refractivity contribution in [2.75, 3.05) is 6.54 Å². The van der Waals surface area contributed by atoms with E-state index in [0.29, 0.717) is 9.75 Å². The number of carboxylic acids is 1. The highest BCUT2D eigenvalue weighted by molar-refractivity contribution is 7.14. The Kier molecular flexibility index (Phi) is 5.42. The smallest absolute Gasteiger partial charge is 0.303 e. The van der Waals surface area contributed by atoms with Gasteiger partial charge in [0, 0.05) is 17.8 Å². The lowest BCUT2D eigenvalue weighted by molar-refractivity contribution is -0.136. The van der Waals surface area contributed by atoms with Crippen molar-refractivity contribution < 1.29 is 24.9 Å². The van der Waals surface area contributed by atoms with Gasteiger partial charge in [-0.1, -0.05) is 0 Å². The lowest BCUT2D eigenvalue weighted by atomic mass is 10.1. The molecule has 0 fully saturated rings. The summed E-state index contributed by atoms with van der Waals surface area (Å²) in [5.74, 6) is -1.32. The van der Waals surface area contributed by atoms with Crippen LogP contribution in [0.3, 0.4) is 0 Å². The molecule has 1 aromatic heterocycles. The van der Waals surface area contributed by atoms with Crippen LogP contribution in [-0.4, -0.2) is 39.7 Å². The maximum atomic E-state index is 11.6. The number of hydrogen-bond acceptors (Lipinski definition) is 6. The van der Waals surface area contributed by atoms with Crippen LogP contribution in [-0.2, 0) is 4.79 Å². The molecule has 1 aromatic rings. The molecule has 0 bridgehead atoms. The van der Waals surface area contributed by atoms with Crippen LogP contribution in [0.4, 0.5) is 0 Å². The number of Topliss-reactive ketones (excluding diaryl/α,β-unsaturated/α-hetero) is 1. The molecule has 7 heteroatoms. The van der Waals surface area contributed by atoms with E-state index in [9.17, 15) is 19.8 Å². The van der Waals surface area contributed by atoms with E-state index in [4.69, 9.17) is 10.8 Å². The van der Waals surface area contributed by atoms with Crippen molar-refractivity contribution in [2.45, 2.75) is 25.0 Å². The molecule has 0 aromatic carbocycles. The summed E-state index contributed by atoms with van der Waals surface area (Å²) in [6, 6.07) is 3.04. The number of nitrogens with two attached hydrogens (primary N) is 1. The molecule has 0 aliphatic carbocycles. The van der Waals surface area contributed by atoms with Gasteiger partial charge in [0.05, 0.1) is 17.4 Å². The van der Waals surface area contributed by atoms with Crippen LogP contribution >= 0.6 is 11.3 Å². The Balaban J connectivity index is 2.68. The fourth-order valence-corrected chi connectivity index (χ4v) is 2.34. The number of ketones is 1. The predicted molar refractivity (Wildman–Crippen MR) is 65.5 cm³/mol. The number of aliphatic hydroxyl groups excluding tert-OH is 2. The maximum Gasteiger partial charge on any atom is 0.303 e. The molecule has 1 rings (SSSR count). The molecule has 0 saturated carbocycles. The molecular weight excluding hydrogens is 258 g/mol. The van der Waals surface area contributed by atoms with Crippen molar-refractivity contribution in [1.82, 2.24) is 0 Å². The minimum absolute atomic E-state index is 0.0785. The Bertz CT molecular complexity index is 431. The predicted octanol–water partition coefficient (Wildman–Crippen LogP) is 0.149. The minimum atomic E-state index is -1.12. The summed E-state index contributed by atoms with van der Waals surface area (Å²) >= 11 is 1.04. The zero-order chi connectivity index (χ0) is 13.7. The average molecular weight is 273 g/mol. The standard InChI is InChI=1S/C11H15NO5S/c12-5-7(14)11(17)9-3-2-8(18-9)6(13)1-4-10(15)16/h2-3,7,11,14,17H,1,4-5,12H2,(H,15,16). The first kappa shape index (κ1) is 14.8. The van der Waals surface area contributed by atoms with Gasteiger partial charge in [-0.2, -0.15) is 0 Å². The third-order valence-corrected chi connectivity index (χ3v) is 3.56. The lowest BCUT2D eigenvalue weighted by Crippen LogP contribution is -2.26. The number of rotatable bonds is 7. The van der Waals surface area contributed by atoms with E-state index in [1.54, 1.807) is 0 Å². The number of thiophene rings is 1. The van der Waals surface area contributed by atoms with Crippen LogP contribution in [0.5, 0.6) is 0 Å². The Morgan fingerprint density at radius 1 is 1.28 bits per heavy atom. The van der Waals surface area contributed by atoms with Gasteiger partial charge in [-0.15, -0.1) is 11.3 Å². The Hall–Kier alpha value is -1.28. The molecule has 0 spiro atoms. The van der Waals surface area contributed by atoms with Gasteiger partial charge >= 0.3 is 5.97 Å². The van der Waals surface area contributed by atoms with Crippen LogP contribution in [0.25, 0.3) is 0 Å². The van der Waals surface area contributed by atoms with Gasteiger partial charge in [0.2, 0.25) is 0 Å². The van der Waals surface area contributed by atoms with E-state index in [0.717, 1.165) is 11.3 Å². The van der Waals surface area contributed by atoms with Crippen LogP contribution in [0, 0.1) is 0 Å². The second kappa shape index (κ2) is 6.60. The summed E-state index contributed by atoms with van der Waals surface area (Å²) < 4.78 is 0. The number of carbonyl (C=O) groups excluding carboxylic acids is 1. The second-order valence-corrected chi connectivity index (χ2v) is 4.88. The average Bonchev–Trinajstić information content (AvgIpc) is 2.83. The van der Waals surface area contributed by atoms with Gasteiger partial charge in [-0.3, -0.25) is 9.59 Å². The van der Waals surface area contributed by atoms with Crippen molar-refractivity contribution in [2.24, 2.45) is 5.73 Å². The van der Waals surface area contributed by atoms with E-state index >= 15 is 0 Å². The van der Waals surface area contributed by atoms with E-state index < -0.39 is 18.2 Å². The maximum absolute atomic E-state index is 11.6. The molecule has 0 saturated heterocycles. The molecule has 0 aliphatic rings. The van der Waals surface area contributed by atoms with Crippen molar-refractivity contribution in [3.8, 4) is 0 Å². The summed E-state index contributed by atoms with van der Waals surface area (Å²) in [6.45, 7) is -0.0820. The molecule has 18 heavy (non-hydrogen) atoms. The quantitative estimate of drug-likeness (QED) is 0.525. The van der Waals surface area contributed by atoms with Crippen molar-refractivity contribution in [1.29, 1.82) is 0 Å². The molecular formula is C11H15NO5S. The van der Waals surface area contributed by atoms with E-state index in [1.807, 2.05) is 0 Å². The van der Waals surface area contributed by atoms with Gasteiger partial charge in [0.15, 0.2) is 5.78 Å². The SMILES string of the molecule is NCC(O)C(O)c1ccc(C(=O)CCC(=O)O)s1. The van der Waals surface area contributed by atoms with Gasteiger partial charge < -0.3 is 21.1 Å². The first-order valence-corrected chi connectivity index (χ1v) is 6.18. The monoisotopic (exact) mass is 273 g/mol. The largest absolute Gasteiger partial charge is 0.481 e. The van der Waals surface area contributed by atoms with Gasteiger partial charge in [-0.05, 0) is 12.1 Å². The van der Waals surface area contributed by atoms with Crippen molar-refractivity contribution >= 4 is 23.1 Å². The highest BCUT2D eigenvalue weighted by atomic mass is 32.1. The molecule has 0 aliphatic heterocycles. The van der Waals surface area contributed by atoms with Crippen molar-refractivity contribution in [3.63, 3.8) is 0 Å². The highest BCUT2D eigenvalue weighted by Gasteiger charge is 2.20. The number of aliphatic carboxylic acids is 1. The summed E-state index contributed by atoms with van der Waals surface area (Å²) in [7, 11) is 0.